The average Bonchev–Trinajstić information content (AvgIpc) is 2.54. The van der Waals surface area contributed by atoms with Crippen LogP contribution in [0, 0.1) is 17.8 Å². The van der Waals surface area contributed by atoms with Crippen molar-refractivity contribution in [2.75, 3.05) is 0 Å². The second kappa shape index (κ2) is 6.63. The Morgan fingerprint density at radius 2 is 1.76 bits per heavy atom. The lowest BCUT2D eigenvalue weighted by atomic mass is 9.48. The van der Waals surface area contributed by atoms with Crippen molar-refractivity contribution in [1.29, 1.82) is 0 Å². The number of allylic oxidation sites excluding steroid dienone is 2. The van der Waals surface area contributed by atoms with Gasteiger partial charge in [-0.05, 0) is 99.7 Å². The van der Waals surface area contributed by atoms with E-state index in [2.05, 4.69) is 32.0 Å². The van der Waals surface area contributed by atoms with Crippen molar-refractivity contribution in [3.05, 3.63) is 41.5 Å². The lowest BCUT2D eigenvalue weighted by Gasteiger charge is -2.57. The highest BCUT2D eigenvalue weighted by molar-refractivity contribution is 5.64. The maximum absolute atomic E-state index is 10.6. The fraction of sp³-hybridized carbons (Fsp3) is 0.609. The van der Waals surface area contributed by atoms with E-state index in [-0.39, 0.29) is 6.10 Å². The number of aldehydes is 1. The molecule has 4 saturated carbocycles. The first kappa shape index (κ1) is 16.9. The second-order valence-corrected chi connectivity index (χ2v) is 8.96. The summed E-state index contributed by atoms with van der Waals surface area (Å²) in [4.78, 5) is 10.6. The van der Waals surface area contributed by atoms with Gasteiger partial charge in [-0.2, -0.15) is 0 Å². The van der Waals surface area contributed by atoms with Gasteiger partial charge in [0.1, 0.15) is 12.0 Å². The summed E-state index contributed by atoms with van der Waals surface area (Å²) < 4.78 is 6.24. The third kappa shape index (κ3) is 3.28. The van der Waals surface area contributed by atoms with Crippen LogP contribution in [0.15, 0.2) is 30.4 Å². The smallest absolute Gasteiger partial charge is 0.142 e. The van der Waals surface area contributed by atoms with E-state index in [0.29, 0.717) is 5.41 Å². The van der Waals surface area contributed by atoms with Crippen molar-refractivity contribution in [3.8, 4) is 5.75 Å². The first-order chi connectivity index (χ1) is 12.1. The van der Waals surface area contributed by atoms with E-state index >= 15 is 0 Å². The van der Waals surface area contributed by atoms with Crippen molar-refractivity contribution in [1.82, 2.24) is 0 Å². The fourth-order valence-corrected chi connectivity index (χ4v) is 6.18. The van der Waals surface area contributed by atoms with Gasteiger partial charge < -0.3 is 4.74 Å². The van der Waals surface area contributed by atoms with Crippen LogP contribution in [0.3, 0.4) is 0 Å². The van der Waals surface area contributed by atoms with Crippen molar-refractivity contribution in [3.63, 3.8) is 0 Å². The topological polar surface area (TPSA) is 26.3 Å². The zero-order valence-corrected chi connectivity index (χ0v) is 15.5. The van der Waals surface area contributed by atoms with Crippen LogP contribution in [-0.2, 0) is 16.6 Å². The van der Waals surface area contributed by atoms with Gasteiger partial charge in [-0.25, -0.2) is 0 Å². The van der Waals surface area contributed by atoms with E-state index in [1.807, 2.05) is 6.08 Å². The predicted octanol–water partition coefficient (Wildman–Crippen LogP) is 5.24. The molecule has 134 valence electrons. The molecule has 0 N–H and O–H groups in total. The Labute approximate surface area is 151 Å². The van der Waals surface area contributed by atoms with E-state index in [0.717, 1.165) is 36.2 Å². The van der Waals surface area contributed by atoms with Crippen LogP contribution in [0.25, 0.3) is 0 Å². The van der Waals surface area contributed by atoms with Crippen molar-refractivity contribution >= 4 is 6.29 Å². The fourth-order valence-electron chi connectivity index (χ4n) is 6.18. The van der Waals surface area contributed by atoms with Gasteiger partial charge in [-0.15, -0.1) is 0 Å². The number of rotatable bonds is 6. The van der Waals surface area contributed by atoms with E-state index in [1.165, 1.54) is 49.7 Å². The lowest BCUT2D eigenvalue weighted by Crippen LogP contribution is -2.48. The summed E-state index contributed by atoms with van der Waals surface area (Å²) in [7, 11) is 0. The minimum absolute atomic E-state index is 0.202. The maximum Gasteiger partial charge on any atom is 0.142 e. The van der Waals surface area contributed by atoms with Crippen LogP contribution < -0.4 is 4.74 Å². The number of ether oxygens (including phenoxy) is 1. The number of hydrogen-bond donors (Lipinski definition) is 0. The van der Waals surface area contributed by atoms with Gasteiger partial charge in [-0.3, -0.25) is 4.79 Å². The largest absolute Gasteiger partial charge is 0.491 e. The van der Waals surface area contributed by atoms with Gasteiger partial charge in [0.25, 0.3) is 0 Å². The standard InChI is InChI=1S/C23H30O2/c1-16(2)25-22-7-6-17(5-3-4-8-24)12-21(22)23-13-18-9-19(14-23)11-20(10-18)15-23/h3-4,6-8,12,16,18-20H,5,9-11,13-15H2,1-2H3/b4-3+. The molecule has 0 aromatic heterocycles. The Kier molecular flexibility index (Phi) is 4.47. The molecule has 0 unspecified atom stereocenters. The minimum atomic E-state index is 0.202. The van der Waals surface area contributed by atoms with E-state index in [1.54, 1.807) is 6.08 Å². The molecule has 4 aliphatic carbocycles. The molecule has 4 fully saturated rings. The molecule has 0 saturated heterocycles. The van der Waals surface area contributed by atoms with Crippen LogP contribution in [0.1, 0.15) is 63.5 Å². The molecule has 0 amide bonds. The highest BCUT2D eigenvalue weighted by Crippen LogP contribution is 2.62. The monoisotopic (exact) mass is 338 g/mol. The average molecular weight is 338 g/mol. The van der Waals surface area contributed by atoms with E-state index < -0.39 is 0 Å². The molecule has 2 heteroatoms. The highest BCUT2D eigenvalue weighted by atomic mass is 16.5. The summed E-state index contributed by atoms with van der Waals surface area (Å²) in [5.41, 5.74) is 3.08. The zero-order chi connectivity index (χ0) is 17.4. The molecular formula is C23H30O2. The van der Waals surface area contributed by atoms with Crippen molar-refractivity contribution in [2.45, 2.75) is 70.3 Å². The molecule has 0 aliphatic heterocycles. The Hall–Kier alpha value is -1.57. The van der Waals surface area contributed by atoms with Crippen molar-refractivity contribution < 1.29 is 9.53 Å². The molecule has 5 rings (SSSR count). The van der Waals surface area contributed by atoms with Crippen LogP contribution in [0.4, 0.5) is 0 Å². The first-order valence-corrected chi connectivity index (χ1v) is 9.98. The molecule has 0 spiro atoms. The Bertz CT molecular complexity index is 635. The van der Waals surface area contributed by atoms with Gasteiger partial charge in [0.2, 0.25) is 0 Å². The number of hydrogen-bond acceptors (Lipinski definition) is 2. The molecule has 0 radical (unpaired) electrons. The normalized spacial score (nSPS) is 33.3. The van der Waals surface area contributed by atoms with Crippen LogP contribution >= 0.6 is 0 Å². The third-order valence-corrected chi connectivity index (χ3v) is 6.58. The molecule has 2 nitrogen and oxygen atoms in total. The Morgan fingerprint density at radius 3 is 2.32 bits per heavy atom. The number of carbonyl (C=O) groups excluding carboxylic acids is 1. The third-order valence-electron chi connectivity index (χ3n) is 6.58. The molecule has 0 atom stereocenters. The summed E-state index contributed by atoms with van der Waals surface area (Å²) in [6.07, 6.45) is 13.9. The molecule has 0 heterocycles. The Morgan fingerprint density at radius 1 is 1.12 bits per heavy atom. The second-order valence-electron chi connectivity index (χ2n) is 8.96. The Balaban J connectivity index is 1.71. The molecular weight excluding hydrogens is 308 g/mol. The summed E-state index contributed by atoms with van der Waals surface area (Å²) >= 11 is 0. The SMILES string of the molecule is CC(C)Oc1ccc(C/C=C/C=O)cc1C12CC3CC(CC(C3)C1)C2. The molecule has 1 aromatic rings. The zero-order valence-electron chi connectivity index (χ0n) is 15.5. The molecule has 25 heavy (non-hydrogen) atoms. The van der Waals surface area contributed by atoms with Gasteiger partial charge >= 0.3 is 0 Å². The minimum Gasteiger partial charge on any atom is -0.491 e. The van der Waals surface area contributed by atoms with Gasteiger partial charge in [0.15, 0.2) is 0 Å². The highest BCUT2D eigenvalue weighted by Gasteiger charge is 2.52. The lowest BCUT2D eigenvalue weighted by molar-refractivity contribution is -0.104. The summed E-state index contributed by atoms with van der Waals surface area (Å²) in [6.45, 7) is 4.23. The quantitative estimate of drug-likeness (QED) is 0.524. The van der Waals surface area contributed by atoms with Crippen LogP contribution in [0.2, 0.25) is 0 Å². The van der Waals surface area contributed by atoms with Crippen molar-refractivity contribution in [2.24, 2.45) is 17.8 Å². The van der Waals surface area contributed by atoms with E-state index in [9.17, 15) is 4.79 Å². The van der Waals surface area contributed by atoms with Gasteiger partial charge in [-0.1, -0.05) is 18.2 Å². The molecule has 4 bridgehead atoms. The predicted molar refractivity (Wildman–Crippen MR) is 101 cm³/mol. The van der Waals surface area contributed by atoms with Gasteiger partial charge in [0.05, 0.1) is 6.10 Å². The maximum atomic E-state index is 10.6. The summed E-state index contributed by atoms with van der Waals surface area (Å²) in [5.74, 6) is 3.88. The number of benzene rings is 1. The van der Waals surface area contributed by atoms with E-state index in [4.69, 9.17) is 4.74 Å². The van der Waals surface area contributed by atoms with Gasteiger partial charge in [0, 0.05) is 5.56 Å². The van der Waals surface area contributed by atoms with Crippen LogP contribution in [-0.4, -0.2) is 12.4 Å². The summed E-state index contributed by atoms with van der Waals surface area (Å²) in [6, 6.07) is 6.73. The first-order valence-electron chi connectivity index (χ1n) is 9.98. The molecule has 4 aliphatic rings. The number of carbonyl (C=O) groups is 1. The summed E-state index contributed by atoms with van der Waals surface area (Å²) in [5, 5.41) is 0. The van der Waals surface area contributed by atoms with Crippen LogP contribution in [0.5, 0.6) is 5.75 Å². The molecule has 1 aromatic carbocycles.